The quantitative estimate of drug-likeness (QED) is 0.118. The zero-order chi connectivity index (χ0) is 23.2. The number of aliphatic imine (C=N–C) groups is 1. The molecule has 0 saturated heterocycles. The summed E-state index contributed by atoms with van der Waals surface area (Å²) in [5.41, 5.74) is 1.21. The van der Waals surface area contributed by atoms with Gasteiger partial charge >= 0.3 is 51.4 Å². The summed E-state index contributed by atoms with van der Waals surface area (Å²) >= 11 is 15.1. The largest absolute Gasteiger partial charge is 1.00 e. The molecule has 33 heavy (non-hydrogen) atoms. The summed E-state index contributed by atoms with van der Waals surface area (Å²) < 4.78 is 4.51. The Labute approximate surface area is 259 Å². The number of rotatable bonds is 11. The summed E-state index contributed by atoms with van der Waals surface area (Å²) in [5.74, 6) is 0. The van der Waals surface area contributed by atoms with E-state index in [4.69, 9.17) is 23.2 Å². The Morgan fingerprint density at radius 3 is 2.64 bits per heavy atom. The minimum atomic E-state index is 0. The number of halogens is 2. The molecule has 3 nitrogen and oxygen atoms in total. The average Bonchev–Trinajstić information content (AvgIpc) is 3.18. The van der Waals surface area contributed by atoms with Crippen LogP contribution in [-0.2, 0) is 6.54 Å². The second-order valence-corrected chi connectivity index (χ2v) is 9.90. The molecule has 8 heteroatoms. The molecule has 3 aromatic rings. The standard InChI is InChI=1S/C18H22ClN3S2.C7H7Cl.K/c1-3-4-8-20-12-14(2)24-22-10-9-21-13-15-11-16-17(19)6-5-7-18(16)23-15;1-6-3-2-4-7(8)5-6;/h4-8,11-12,21-22H,2-3,9-10,13H2,1H3;2-5H,1H3;/q-2;;+1. The number of hydrogen-bond acceptors (Lipinski definition) is 5. The van der Waals surface area contributed by atoms with Crippen LogP contribution < -0.4 is 61.4 Å². The fourth-order valence-electron chi connectivity index (χ4n) is 2.58. The van der Waals surface area contributed by atoms with Gasteiger partial charge in [-0.15, -0.1) is 11.3 Å². The van der Waals surface area contributed by atoms with Crippen LogP contribution in [0.3, 0.4) is 0 Å². The van der Waals surface area contributed by atoms with Crippen LogP contribution in [0.1, 0.15) is 23.8 Å². The molecule has 0 atom stereocenters. The van der Waals surface area contributed by atoms with E-state index in [0.717, 1.165) is 46.4 Å². The number of thiophene rings is 1. The normalized spacial score (nSPS) is 10.4. The van der Waals surface area contributed by atoms with Gasteiger partial charge in [-0.3, -0.25) is 4.72 Å². The smallest absolute Gasteiger partial charge is 0.424 e. The Morgan fingerprint density at radius 1 is 1.18 bits per heavy atom. The van der Waals surface area contributed by atoms with E-state index in [9.17, 15) is 0 Å². The van der Waals surface area contributed by atoms with E-state index in [-0.39, 0.29) is 51.4 Å². The number of benzene rings is 2. The third kappa shape index (κ3) is 13.1. The average molecular weight is 546 g/mol. The topological polar surface area (TPSA) is 36.4 Å². The third-order valence-corrected chi connectivity index (χ3v) is 6.47. The number of fused-ring (bicyclic) bond motifs is 1. The number of unbranched alkanes of at least 4 members (excludes halogenated alkanes) is 1. The molecule has 172 valence electrons. The minimum Gasteiger partial charge on any atom is -0.424 e. The molecular weight excluding hydrogens is 516 g/mol. The molecule has 1 aromatic heterocycles. The number of nitrogens with zero attached hydrogens (tertiary/aromatic N) is 1. The molecule has 0 radical (unpaired) electrons. The SMILES string of the molecule is C=C([CH-]N=C[CH-]CC)SNCCNCc1cc2c(Cl)cccc2s1.Cc1cccc(Cl)c1.[K+]. The van der Waals surface area contributed by atoms with Crippen molar-refractivity contribution in [3.05, 3.63) is 93.5 Å². The van der Waals surface area contributed by atoms with Gasteiger partial charge in [0, 0.05) is 44.6 Å². The third-order valence-electron chi connectivity index (χ3n) is 4.09. The van der Waals surface area contributed by atoms with E-state index in [1.54, 1.807) is 24.1 Å². The molecule has 0 saturated carbocycles. The zero-order valence-electron chi connectivity index (χ0n) is 19.4. The van der Waals surface area contributed by atoms with Crippen molar-refractivity contribution in [3.8, 4) is 0 Å². The zero-order valence-corrected chi connectivity index (χ0v) is 25.7. The fraction of sp³-hybridized carbons (Fsp3) is 0.240. The van der Waals surface area contributed by atoms with E-state index in [1.165, 1.54) is 27.1 Å². The molecule has 3 rings (SSSR count). The van der Waals surface area contributed by atoms with Gasteiger partial charge < -0.3 is 16.7 Å². The number of aryl methyl sites for hydroxylation is 1. The van der Waals surface area contributed by atoms with E-state index < -0.39 is 0 Å². The monoisotopic (exact) mass is 544 g/mol. The molecule has 0 amide bonds. The van der Waals surface area contributed by atoms with Gasteiger partial charge in [-0.1, -0.05) is 71.7 Å². The molecule has 0 aliphatic heterocycles. The van der Waals surface area contributed by atoms with Crippen LogP contribution in [0.25, 0.3) is 10.1 Å². The molecule has 1 heterocycles. The van der Waals surface area contributed by atoms with Crippen LogP contribution in [0.4, 0.5) is 0 Å². The van der Waals surface area contributed by atoms with Gasteiger partial charge in [0.2, 0.25) is 0 Å². The van der Waals surface area contributed by atoms with Gasteiger partial charge in [0.15, 0.2) is 0 Å². The van der Waals surface area contributed by atoms with Crippen LogP contribution in [0.2, 0.25) is 10.0 Å². The minimum absolute atomic E-state index is 0. The molecule has 2 aromatic carbocycles. The Bertz CT molecular complexity index is 991. The van der Waals surface area contributed by atoms with Crippen molar-refractivity contribution in [2.45, 2.75) is 26.8 Å². The summed E-state index contributed by atoms with van der Waals surface area (Å²) in [4.78, 5) is 6.35. The Morgan fingerprint density at radius 2 is 1.97 bits per heavy atom. The van der Waals surface area contributed by atoms with Crippen molar-refractivity contribution in [1.29, 1.82) is 0 Å². The van der Waals surface area contributed by atoms with Crippen molar-refractivity contribution < 1.29 is 51.4 Å². The van der Waals surface area contributed by atoms with E-state index in [2.05, 4.69) is 40.7 Å². The van der Waals surface area contributed by atoms with Crippen molar-refractivity contribution in [2.75, 3.05) is 13.1 Å². The number of hydrogen-bond donors (Lipinski definition) is 2. The van der Waals surface area contributed by atoms with Gasteiger partial charge in [0.25, 0.3) is 0 Å². The van der Waals surface area contributed by atoms with Crippen LogP contribution in [0, 0.1) is 19.9 Å². The maximum atomic E-state index is 6.21. The van der Waals surface area contributed by atoms with Crippen molar-refractivity contribution >= 4 is 62.8 Å². The maximum absolute atomic E-state index is 6.21. The predicted molar refractivity (Wildman–Crippen MR) is 147 cm³/mol. The molecule has 0 aliphatic carbocycles. The van der Waals surface area contributed by atoms with Gasteiger partial charge in [-0.2, -0.15) is 13.0 Å². The maximum Gasteiger partial charge on any atom is 1.00 e. The first kappa shape index (κ1) is 31.1. The number of nitrogens with one attached hydrogen (secondary N) is 2. The molecule has 0 bridgehead atoms. The summed E-state index contributed by atoms with van der Waals surface area (Å²) in [6, 6.07) is 16.0. The van der Waals surface area contributed by atoms with Gasteiger partial charge in [0.1, 0.15) is 0 Å². The Balaban J connectivity index is 0.000000511. The van der Waals surface area contributed by atoms with Gasteiger partial charge in [0.05, 0.1) is 0 Å². The summed E-state index contributed by atoms with van der Waals surface area (Å²) in [6.07, 6.45) is 4.80. The molecule has 0 aliphatic rings. The first-order valence-corrected chi connectivity index (χ1v) is 12.7. The second-order valence-electron chi connectivity index (χ2n) is 6.87. The van der Waals surface area contributed by atoms with Gasteiger partial charge in [-0.05, 0) is 42.8 Å². The summed E-state index contributed by atoms with van der Waals surface area (Å²) in [6.45, 7) is 12.4. The molecular formula is C25H29Cl2KN3S2-. The molecule has 0 unspecified atom stereocenters. The Hall–Kier alpha value is 0.0364. The van der Waals surface area contributed by atoms with Crippen LogP contribution >= 0.6 is 46.5 Å². The summed E-state index contributed by atoms with van der Waals surface area (Å²) in [5, 5.41) is 6.21. The van der Waals surface area contributed by atoms with Gasteiger partial charge in [-0.25, -0.2) is 6.21 Å². The van der Waals surface area contributed by atoms with Crippen molar-refractivity contribution in [1.82, 2.24) is 10.0 Å². The fourth-order valence-corrected chi connectivity index (χ4v) is 4.68. The second kappa shape index (κ2) is 18.3. The van der Waals surface area contributed by atoms with E-state index >= 15 is 0 Å². The van der Waals surface area contributed by atoms with Crippen LogP contribution in [0.15, 0.2) is 65.0 Å². The molecule has 2 N–H and O–H groups in total. The van der Waals surface area contributed by atoms with Crippen LogP contribution in [-0.4, -0.2) is 19.3 Å². The first-order chi connectivity index (χ1) is 15.5. The Kier molecular flexibility index (Phi) is 17.3. The first-order valence-electron chi connectivity index (χ1n) is 10.4. The molecule has 0 spiro atoms. The molecule has 0 fully saturated rings. The van der Waals surface area contributed by atoms with E-state index in [0.29, 0.717) is 0 Å². The predicted octanol–water partition coefficient (Wildman–Crippen LogP) is 4.90. The summed E-state index contributed by atoms with van der Waals surface area (Å²) in [7, 11) is 0. The van der Waals surface area contributed by atoms with Crippen molar-refractivity contribution in [3.63, 3.8) is 0 Å². The van der Waals surface area contributed by atoms with Crippen LogP contribution in [0.5, 0.6) is 0 Å². The van der Waals surface area contributed by atoms with E-state index in [1.807, 2.05) is 49.7 Å². The van der Waals surface area contributed by atoms with Crippen molar-refractivity contribution in [2.24, 2.45) is 4.99 Å².